The van der Waals surface area contributed by atoms with Crippen LogP contribution in [0, 0.1) is 20.8 Å². The van der Waals surface area contributed by atoms with Crippen molar-refractivity contribution in [2.75, 3.05) is 31.6 Å². The van der Waals surface area contributed by atoms with Gasteiger partial charge in [-0.25, -0.2) is 4.98 Å². The number of likely N-dealkylation sites (tertiary alicyclic amines) is 1. The minimum Gasteiger partial charge on any atom is -0.497 e. The Morgan fingerprint density at radius 2 is 1.87 bits per heavy atom. The van der Waals surface area contributed by atoms with E-state index in [0.717, 1.165) is 50.2 Å². The van der Waals surface area contributed by atoms with Crippen LogP contribution in [0.15, 0.2) is 48.8 Å². The molecule has 39 heavy (non-hydrogen) atoms. The van der Waals surface area contributed by atoms with Gasteiger partial charge in [0.05, 0.1) is 18.4 Å². The fraction of sp³-hybridized carbons (Fsp3) is 0.452. The Morgan fingerprint density at radius 3 is 2.51 bits per heavy atom. The second-order valence-electron chi connectivity index (χ2n) is 10.5. The zero-order valence-corrected chi connectivity index (χ0v) is 23.8. The lowest BCUT2D eigenvalue weighted by atomic mass is 9.99. The lowest BCUT2D eigenvalue weighted by Crippen LogP contribution is -2.48. The number of carbonyl (C=O) groups excluding carboxylic acids is 1. The fourth-order valence-electron chi connectivity index (χ4n) is 5.51. The summed E-state index contributed by atoms with van der Waals surface area (Å²) >= 11 is 0. The molecule has 1 aliphatic rings. The Morgan fingerprint density at radius 1 is 1.15 bits per heavy atom. The van der Waals surface area contributed by atoms with Crippen LogP contribution in [0.4, 0.5) is 5.69 Å². The first-order valence-electron chi connectivity index (χ1n) is 13.8. The average molecular weight is 532 g/mol. The number of anilines is 1. The summed E-state index contributed by atoms with van der Waals surface area (Å²) in [5.41, 5.74) is 5.52. The first kappa shape index (κ1) is 28.4. The minimum atomic E-state index is -0.135. The molecule has 1 fully saturated rings. The Hall–Kier alpha value is -3.65. The normalized spacial score (nSPS) is 15.1. The molecule has 1 atom stereocenters. The predicted molar refractivity (Wildman–Crippen MR) is 155 cm³/mol. The molecule has 8 heteroatoms. The van der Waals surface area contributed by atoms with E-state index in [2.05, 4.69) is 57.1 Å². The van der Waals surface area contributed by atoms with Gasteiger partial charge in [0.1, 0.15) is 5.75 Å². The Kier molecular flexibility index (Phi) is 9.41. The summed E-state index contributed by atoms with van der Waals surface area (Å²) in [6.07, 6.45) is 6.84. The average Bonchev–Trinajstić information content (AvgIpc) is 2.92. The molecule has 0 bridgehead atoms. The van der Waals surface area contributed by atoms with Gasteiger partial charge in [0, 0.05) is 62.4 Å². The zero-order chi connectivity index (χ0) is 27.9. The Bertz CT molecular complexity index is 1230. The van der Waals surface area contributed by atoms with Crippen LogP contribution in [-0.2, 0) is 6.54 Å². The fourth-order valence-corrected chi connectivity index (χ4v) is 5.51. The third-order valence-electron chi connectivity index (χ3n) is 7.91. The third kappa shape index (κ3) is 7.06. The molecule has 8 nitrogen and oxygen atoms in total. The molecule has 1 saturated heterocycles. The van der Waals surface area contributed by atoms with Crippen LogP contribution in [0.5, 0.6) is 11.6 Å². The van der Waals surface area contributed by atoms with E-state index in [1.54, 1.807) is 14.0 Å². The molecule has 3 aromatic rings. The summed E-state index contributed by atoms with van der Waals surface area (Å²) in [6.45, 7) is 11.4. The van der Waals surface area contributed by atoms with Crippen LogP contribution in [0.2, 0.25) is 0 Å². The Labute approximate surface area is 232 Å². The molecule has 0 aliphatic carbocycles. The van der Waals surface area contributed by atoms with Gasteiger partial charge in [0.25, 0.3) is 5.91 Å². The zero-order valence-electron chi connectivity index (χ0n) is 23.8. The van der Waals surface area contributed by atoms with E-state index >= 15 is 0 Å². The Balaban J connectivity index is 1.34. The maximum absolute atomic E-state index is 12.8. The molecule has 208 valence electrons. The number of nitrogens with zero attached hydrogens (tertiary/aromatic N) is 4. The van der Waals surface area contributed by atoms with Crippen LogP contribution in [0.25, 0.3) is 0 Å². The van der Waals surface area contributed by atoms with Gasteiger partial charge in [-0.05, 0) is 94.0 Å². The summed E-state index contributed by atoms with van der Waals surface area (Å²) < 4.78 is 5.39. The van der Waals surface area contributed by atoms with Gasteiger partial charge < -0.3 is 25.0 Å². The van der Waals surface area contributed by atoms with Crippen molar-refractivity contribution in [3.05, 3.63) is 76.7 Å². The summed E-state index contributed by atoms with van der Waals surface area (Å²) in [6, 6.07) is 12.7. The van der Waals surface area contributed by atoms with Crippen molar-refractivity contribution in [1.82, 2.24) is 20.2 Å². The highest BCUT2D eigenvalue weighted by atomic mass is 16.5. The van der Waals surface area contributed by atoms with Gasteiger partial charge in [-0.15, -0.1) is 0 Å². The van der Waals surface area contributed by atoms with E-state index in [1.807, 2.05) is 31.5 Å². The molecule has 1 amide bonds. The molecule has 1 aliphatic heterocycles. The van der Waals surface area contributed by atoms with Crippen molar-refractivity contribution in [1.29, 1.82) is 0 Å². The quantitative estimate of drug-likeness (QED) is 0.389. The number of benzene rings is 1. The summed E-state index contributed by atoms with van der Waals surface area (Å²) in [7, 11) is 1.70. The topological polar surface area (TPSA) is 90.8 Å². The monoisotopic (exact) mass is 531 g/mol. The second-order valence-corrected chi connectivity index (χ2v) is 10.5. The minimum absolute atomic E-state index is 0.0558. The van der Waals surface area contributed by atoms with Crippen LogP contribution in [-0.4, -0.2) is 64.7 Å². The molecule has 0 saturated carbocycles. The predicted octanol–water partition coefficient (Wildman–Crippen LogP) is 4.80. The van der Waals surface area contributed by atoms with Gasteiger partial charge in [-0.3, -0.25) is 9.78 Å². The first-order chi connectivity index (χ1) is 18.8. The SMILES string of the molecule is COc1ccc(N(Cc2cnccc2C)C2CCN([C@H](C)CCNC(=O)c3c(C)cc(O)nc3C)CC2)cc1. The van der Waals surface area contributed by atoms with Gasteiger partial charge in [0.15, 0.2) is 0 Å². The molecule has 3 heterocycles. The van der Waals surface area contributed by atoms with Crippen molar-refractivity contribution in [2.24, 2.45) is 0 Å². The van der Waals surface area contributed by atoms with Crippen LogP contribution in [0.3, 0.4) is 0 Å². The number of hydrogen-bond donors (Lipinski definition) is 2. The number of piperidine rings is 1. The number of aromatic nitrogens is 2. The van der Waals surface area contributed by atoms with Crippen molar-refractivity contribution in [3.8, 4) is 11.6 Å². The number of pyridine rings is 2. The van der Waals surface area contributed by atoms with Gasteiger partial charge in [-0.1, -0.05) is 0 Å². The number of rotatable bonds is 10. The molecule has 2 N–H and O–H groups in total. The molecule has 0 spiro atoms. The van der Waals surface area contributed by atoms with E-state index < -0.39 is 0 Å². The highest BCUT2D eigenvalue weighted by Crippen LogP contribution is 2.29. The largest absolute Gasteiger partial charge is 0.497 e. The first-order valence-corrected chi connectivity index (χ1v) is 13.8. The maximum atomic E-state index is 12.8. The van der Waals surface area contributed by atoms with Crippen molar-refractivity contribution in [3.63, 3.8) is 0 Å². The van der Waals surface area contributed by atoms with Gasteiger partial charge in [-0.2, -0.15) is 0 Å². The highest BCUT2D eigenvalue weighted by Gasteiger charge is 2.28. The standard InChI is InChI=1S/C31H41N5O3/c1-21-10-14-32-19-25(21)20-36(26-6-8-28(39-5)9-7-26)27-12-16-35(17-13-27)23(3)11-15-33-31(38)30-22(2)18-29(37)34-24(30)4/h6-10,14,18-19,23,27H,11-13,15-17,20H2,1-5H3,(H,33,38)(H,34,37)/t23-/m1/s1. The molecular formula is C31H41N5O3. The number of hydrogen-bond acceptors (Lipinski definition) is 7. The number of amides is 1. The number of carbonyl (C=O) groups is 1. The summed E-state index contributed by atoms with van der Waals surface area (Å²) in [5, 5.41) is 12.7. The molecule has 0 unspecified atom stereocenters. The summed E-state index contributed by atoms with van der Waals surface area (Å²) in [5.74, 6) is 0.669. The van der Waals surface area contributed by atoms with Crippen molar-refractivity contribution in [2.45, 2.75) is 65.6 Å². The van der Waals surface area contributed by atoms with Gasteiger partial charge >= 0.3 is 0 Å². The van der Waals surface area contributed by atoms with E-state index in [4.69, 9.17) is 4.74 Å². The van der Waals surface area contributed by atoms with Crippen LogP contribution >= 0.6 is 0 Å². The van der Waals surface area contributed by atoms with E-state index in [9.17, 15) is 9.90 Å². The van der Waals surface area contributed by atoms with Crippen LogP contribution < -0.4 is 15.0 Å². The molecular weight excluding hydrogens is 490 g/mol. The highest BCUT2D eigenvalue weighted by molar-refractivity contribution is 5.96. The maximum Gasteiger partial charge on any atom is 0.253 e. The lowest BCUT2D eigenvalue weighted by molar-refractivity contribution is 0.0943. The number of methoxy groups -OCH3 is 1. The van der Waals surface area contributed by atoms with Crippen molar-refractivity contribution >= 4 is 11.6 Å². The number of ether oxygens (including phenoxy) is 1. The number of aryl methyl sites for hydroxylation is 3. The molecule has 1 aromatic carbocycles. The third-order valence-corrected chi connectivity index (χ3v) is 7.91. The smallest absolute Gasteiger partial charge is 0.253 e. The second kappa shape index (κ2) is 12.9. The molecule has 4 rings (SSSR count). The molecule has 2 aromatic heterocycles. The summed E-state index contributed by atoms with van der Waals surface area (Å²) in [4.78, 5) is 26.2. The van der Waals surface area contributed by atoms with E-state index in [1.165, 1.54) is 22.9 Å². The number of nitrogens with one attached hydrogen (secondary N) is 1. The lowest BCUT2D eigenvalue weighted by Gasteiger charge is -2.42. The van der Waals surface area contributed by atoms with Crippen molar-refractivity contribution < 1.29 is 14.6 Å². The van der Waals surface area contributed by atoms with Crippen LogP contribution in [0.1, 0.15) is 58.9 Å². The van der Waals surface area contributed by atoms with E-state index in [0.29, 0.717) is 29.9 Å². The molecule has 0 radical (unpaired) electrons. The number of aromatic hydroxyl groups is 1. The van der Waals surface area contributed by atoms with E-state index in [-0.39, 0.29) is 11.8 Å². The van der Waals surface area contributed by atoms with Gasteiger partial charge in [0.2, 0.25) is 5.88 Å².